The van der Waals surface area contributed by atoms with E-state index in [1.54, 1.807) is 4.68 Å². The lowest BCUT2D eigenvalue weighted by Gasteiger charge is -2.14. The minimum absolute atomic E-state index is 0.143. The fourth-order valence-electron chi connectivity index (χ4n) is 3.02. The number of rotatable bonds is 6. The van der Waals surface area contributed by atoms with Gasteiger partial charge in [-0.05, 0) is 44.5 Å². The third-order valence-corrected chi connectivity index (χ3v) is 5.40. The van der Waals surface area contributed by atoms with E-state index in [4.69, 9.17) is 15.3 Å². The van der Waals surface area contributed by atoms with Gasteiger partial charge in [0.1, 0.15) is 0 Å². The Labute approximate surface area is 171 Å². The number of nitrogens with zero attached hydrogens (tertiary/aromatic N) is 5. The summed E-state index contributed by atoms with van der Waals surface area (Å²) >= 11 is 1.21. The lowest BCUT2D eigenvalue weighted by molar-refractivity contribution is -0.119. The second-order valence-corrected chi connectivity index (χ2v) is 7.62. The summed E-state index contributed by atoms with van der Waals surface area (Å²) in [6, 6.07) is 7.36. The van der Waals surface area contributed by atoms with Crippen LogP contribution in [0.25, 0.3) is 5.95 Å². The first kappa shape index (κ1) is 19.1. The third kappa shape index (κ3) is 3.86. The van der Waals surface area contributed by atoms with E-state index in [1.807, 2.05) is 45.0 Å². The van der Waals surface area contributed by atoms with Crippen molar-refractivity contribution in [3.05, 3.63) is 41.2 Å². The normalized spacial score (nSPS) is 13.5. The minimum atomic E-state index is -0.182. The molecule has 2 aromatic heterocycles. The number of nitrogens with one attached hydrogen (secondary N) is 1. The molecule has 0 unspecified atom stereocenters. The highest BCUT2D eigenvalue weighted by Crippen LogP contribution is 2.34. The number of amides is 1. The standard InChI is InChI=1S/C18H21N7O3S/c1-10-6-11(2)25(23-10)17-21-22-18(24(17)19)29-8-16(26)20-12(3)13-4-5-14-15(7-13)28-9-27-14/h4-7,12H,8-9,19H2,1-3H3,(H,20,26)/t12-/m0/s1. The van der Waals surface area contributed by atoms with Crippen LogP contribution >= 0.6 is 11.8 Å². The van der Waals surface area contributed by atoms with Gasteiger partial charge in [-0.2, -0.15) is 5.10 Å². The van der Waals surface area contributed by atoms with Gasteiger partial charge >= 0.3 is 0 Å². The van der Waals surface area contributed by atoms with Crippen molar-refractivity contribution < 1.29 is 14.3 Å². The Morgan fingerprint density at radius 1 is 1.28 bits per heavy atom. The van der Waals surface area contributed by atoms with Crippen molar-refractivity contribution in [2.75, 3.05) is 18.4 Å². The van der Waals surface area contributed by atoms with Gasteiger partial charge < -0.3 is 20.6 Å². The topological polar surface area (TPSA) is 122 Å². The Balaban J connectivity index is 1.37. The average molecular weight is 415 g/mol. The fourth-order valence-corrected chi connectivity index (χ4v) is 3.69. The third-order valence-electron chi connectivity index (χ3n) is 4.45. The molecule has 1 aliphatic rings. The molecule has 3 N–H and O–H groups in total. The number of carbonyl (C=O) groups excluding carboxylic acids is 1. The first-order chi connectivity index (χ1) is 13.9. The van der Waals surface area contributed by atoms with E-state index in [1.165, 1.54) is 16.4 Å². The zero-order chi connectivity index (χ0) is 20.5. The molecule has 3 heterocycles. The van der Waals surface area contributed by atoms with Gasteiger partial charge in [-0.25, -0.2) is 9.36 Å². The molecule has 0 aliphatic carbocycles. The summed E-state index contributed by atoms with van der Waals surface area (Å²) in [4.78, 5) is 12.4. The molecule has 0 radical (unpaired) electrons. The first-order valence-electron chi connectivity index (χ1n) is 8.98. The van der Waals surface area contributed by atoms with Crippen molar-refractivity contribution in [2.45, 2.75) is 32.0 Å². The summed E-state index contributed by atoms with van der Waals surface area (Å²) in [5, 5.41) is 15.9. The van der Waals surface area contributed by atoms with Gasteiger partial charge in [-0.1, -0.05) is 17.8 Å². The Bertz CT molecular complexity index is 1060. The molecule has 0 bridgehead atoms. The van der Waals surface area contributed by atoms with Crippen molar-refractivity contribution in [3.63, 3.8) is 0 Å². The number of nitrogens with two attached hydrogens (primary N) is 1. The van der Waals surface area contributed by atoms with Crippen LogP contribution in [0.2, 0.25) is 0 Å². The van der Waals surface area contributed by atoms with E-state index in [0.717, 1.165) is 17.0 Å². The molecular formula is C18H21N7O3S. The number of carbonyl (C=O) groups is 1. The van der Waals surface area contributed by atoms with Crippen LogP contribution in [-0.4, -0.2) is 43.1 Å². The summed E-state index contributed by atoms with van der Waals surface area (Å²) < 4.78 is 13.6. The van der Waals surface area contributed by atoms with Crippen LogP contribution in [0.15, 0.2) is 29.4 Å². The molecule has 1 atom stereocenters. The second-order valence-electron chi connectivity index (χ2n) is 6.68. The predicted molar refractivity (Wildman–Crippen MR) is 107 cm³/mol. The molecule has 29 heavy (non-hydrogen) atoms. The number of benzene rings is 1. The molecule has 11 heteroatoms. The number of hydrogen-bond acceptors (Lipinski definition) is 8. The maximum Gasteiger partial charge on any atom is 0.271 e. The zero-order valence-electron chi connectivity index (χ0n) is 16.2. The molecule has 4 rings (SSSR count). The van der Waals surface area contributed by atoms with Crippen molar-refractivity contribution in [1.82, 2.24) is 30.0 Å². The largest absolute Gasteiger partial charge is 0.454 e. The lowest BCUT2D eigenvalue weighted by Crippen LogP contribution is -2.28. The van der Waals surface area contributed by atoms with Gasteiger partial charge in [0.25, 0.3) is 5.95 Å². The molecule has 3 aromatic rings. The van der Waals surface area contributed by atoms with E-state index in [9.17, 15) is 4.79 Å². The van der Waals surface area contributed by atoms with E-state index in [0.29, 0.717) is 22.6 Å². The molecule has 0 spiro atoms. The quantitative estimate of drug-likeness (QED) is 0.459. The Morgan fingerprint density at radius 2 is 2.07 bits per heavy atom. The highest BCUT2D eigenvalue weighted by Gasteiger charge is 2.19. The summed E-state index contributed by atoms with van der Waals surface area (Å²) in [6.45, 7) is 5.93. The molecule has 10 nitrogen and oxygen atoms in total. The predicted octanol–water partition coefficient (Wildman–Crippen LogP) is 1.49. The maximum absolute atomic E-state index is 12.4. The Kier molecular flexibility index (Phi) is 5.05. The van der Waals surface area contributed by atoms with Crippen LogP contribution in [0.5, 0.6) is 11.5 Å². The molecule has 1 amide bonds. The number of aryl methyl sites for hydroxylation is 2. The number of nitrogen functional groups attached to an aromatic ring is 1. The minimum Gasteiger partial charge on any atom is -0.454 e. The highest BCUT2D eigenvalue weighted by atomic mass is 32.2. The molecule has 0 fully saturated rings. The monoisotopic (exact) mass is 415 g/mol. The van der Waals surface area contributed by atoms with Gasteiger partial charge in [-0.3, -0.25) is 4.79 Å². The van der Waals surface area contributed by atoms with Crippen molar-refractivity contribution >= 4 is 17.7 Å². The highest BCUT2D eigenvalue weighted by molar-refractivity contribution is 7.99. The van der Waals surface area contributed by atoms with Crippen LogP contribution in [0.3, 0.4) is 0 Å². The van der Waals surface area contributed by atoms with Gasteiger partial charge in [-0.15, -0.1) is 10.2 Å². The van der Waals surface area contributed by atoms with Crippen molar-refractivity contribution in [1.29, 1.82) is 0 Å². The number of thioether (sulfide) groups is 1. The van der Waals surface area contributed by atoms with Crippen LogP contribution in [0, 0.1) is 13.8 Å². The Hall–Kier alpha value is -3.21. The van der Waals surface area contributed by atoms with E-state index in [-0.39, 0.29) is 24.5 Å². The molecule has 0 saturated heterocycles. The molecular weight excluding hydrogens is 394 g/mol. The molecule has 1 aliphatic heterocycles. The SMILES string of the molecule is Cc1cc(C)n(-c2nnc(SCC(=O)N[C@@H](C)c3ccc4c(c3)OCO4)n2N)n1. The van der Waals surface area contributed by atoms with Crippen molar-refractivity contribution in [3.8, 4) is 17.4 Å². The number of aromatic nitrogens is 5. The lowest BCUT2D eigenvalue weighted by atomic mass is 10.1. The second kappa shape index (κ2) is 7.66. The average Bonchev–Trinajstić information content (AvgIpc) is 3.38. The van der Waals surface area contributed by atoms with Gasteiger partial charge in [0.2, 0.25) is 17.9 Å². The number of ether oxygens (including phenoxy) is 2. The van der Waals surface area contributed by atoms with Crippen LogP contribution < -0.4 is 20.6 Å². The van der Waals surface area contributed by atoms with Crippen LogP contribution in [-0.2, 0) is 4.79 Å². The molecule has 152 valence electrons. The zero-order valence-corrected chi connectivity index (χ0v) is 17.1. The van der Waals surface area contributed by atoms with Gasteiger partial charge in [0.05, 0.1) is 17.5 Å². The van der Waals surface area contributed by atoms with E-state index < -0.39 is 0 Å². The van der Waals surface area contributed by atoms with Crippen LogP contribution in [0.4, 0.5) is 0 Å². The molecule has 1 aromatic carbocycles. The summed E-state index contributed by atoms with van der Waals surface area (Å²) in [6.07, 6.45) is 0. The fraction of sp³-hybridized carbons (Fsp3) is 0.333. The summed E-state index contributed by atoms with van der Waals surface area (Å²) in [5.74, 6) is 7.90. The van der Waals surface area contributed by atoms with Crippen molar-refractivity contribution in [2.24, 2.45) is 0 Å². The Morgan fingerprint density at radius 3 is 2.83 bits per heavy atom. The van der Waals surface area contributed by atoms with Gasteiger partial charge in [0, 0.05) is 5.69 Å². The first-order valence-corrected chi connectivity index (χ1v) is 9.97. The van der Waals surface area contributed by atoms with Crippen LogP contribution in [0.1, 0.15) is 29.9 Å². The van der Waals surface area contributed by atoms with E-state index >= 15 is 0 Å². The summed E-state index contributed by atoms with van der Waals surface area (Å²) in [5.41, 5.74) is 2.69. The number of fused-ring (bicyclic) bond motifs is 1. The molecule has 0 saturated carbocycles. The maximum atomic E-state index is 12.4. The smallest absolute Gasteiger partial charge is 0.271 e. The van der Waals surface area contributed by atoms with Gasteiger partial charge in [0.15, 0.2) is 11.5 Å². The summed E-state index contributed by atoms with van der Waals surface area (Å²) in [7, 11) is 0. The number of hydrogen-bond donors (Lipinski definition) is 2. The van der Waals surface area contributed by atoms with E-state index in [2.05, 4.69) is 20.6 Å².